The largest absolute Gasteiger partial charge is 0.395 e. The van der Waals surface area contributed by atoms with Crippen LogP contribution in [0.2, 0.25) is 0 Å². The number of aliphatic hydroxyl groups is 1. The predicted octanol–water partition coefficient (Wildman–Crippen LogP) is 1.27. The van der Waals surface area contributed by atoms with Crippen LogP contribution < -0.4 is 5.32 Å². The Morgan fingerprint density at radius 3 is 2.83 bits per heavy atom. The Morgan fingerprint density at radius 2 is 2.17 bits per heavy atom. The van der Waals surface area contributed by atoms with Crippen molar-refractivity contribution >= 4 is 9.84 Å². The maximum atomic E-state index is 12.0. The molecule has 1 heterocycles. The van der Waals surface area contributed by atoms with Gasteiger partial charge in [0.05, 0.1) is 17.3 Å². The summed E-state index contributed by atoms with van der Waals surface area (Å²) in [6.45, 7) is 2.07. The molecule has 2 N–H and O–H groups in total. The fourth-order valence-corrected chi connectivity index (χ4v) is 3.97. The number of fused-ring (bicyclic) bond motifs is 1. The quantitative estimate of drug-likeness (QED) is 0.864. The second-order valence-electron chi connectivity index (χ2n) is 4.65. The fraction of sp³-hybridized carbons (Fsp3) is 0.538. The van der Waals surface area contributed by atoms with E-state index in [1.165, 1.54) is 0 Å². The van der Waals surface area contributed by atoms with E-state index < -0.39 is 9.84 Å². The first kappa shape index (κ1) is 13.5. The Labute approximate surface area is 108 Å². The number of benzene rings is 1. The first-order valence-corrected chi connectivity index (χ1v) is 7.92. The summed E-state index contributed by atoms with van der Waals surface area (Å²) in [5.74, 6) is 0.170. The van der Waals surface area contributed by atoms with Crippen molar-refractivity contribution in [2.24, 2.45) is 0 Å². The van der Waals surface area contributed by atoms with Crippen molar-refractivity contribution in [2.45, 2.75) is 36.7 Å². The molecule has 2 unspecified atom stereocenters. The van der Waals surface area contributed by atoms with Crippen molar-refractivity contribution in [1.29, 1.82) is 0 Å². The zero-order valence-corrected chi connectivity index (χ0v) is 11.3. The van der Waals surface area contributed by atoms with Crippen LogP contribution in [0.15, 0.2) is 29.2 Å². The molecule has 1 aromatic carbocycles. The molecule has 1 aromatic rings. The predicted molar refractivity (Wildman–Crippen MR) is 70.2 cm³/mol. The summed E-state index contributed by atoms with van der Waals surface area (Å²) in [7, 11) is -3.13. The summed E-state index contributed by atoms with van der Waals surface area (Å²) in [5, 5.41) is 12.6. The van der Waals surface area contributed by atoms with Gasteiger partial charge in [0.15, 0.2) is 9.84 Å². The van der Waals surface area contributed by atoms with Gasteiger partial charge < -0.3 is 10.4 Å². The highest BCUT2D eigenvalue weighted by atomic mass is 32.2. The van der Waals surface area contributed by atoms with Crippen LogP contribution in [-0.2, 0) is 9.84 Å². The van der Waals surface area contributed by atoms with Crippen molar-refractivity contribution in [3.8, 4) is 0 Å². The molecule has 0 saturated carbocycles. The van der Waals surface area contributed by atoms with Gasteiger partial charge in [-0.1, -0.05) is 25.1 Å². The van der Waals surface area contributed by atoms with Crippen molar-refractivity contribution < 1.29 is 13.5 Å². The summed E-state index contributed by atoms with van der Waals surface area (Å²) in [4.78, 5) is 0.432. The molecule has 2 rings (SSSR count). The Bertz CT molecular complexity index is 509. The topological polar surface area (TPSA) is 66.4 Å². The van der Waals surface area contributed by atoms with Gasteiger partial charge in [-0.05, 0) is 24.5 Å². The van der Waals surface area contributed by atoms with E-state index in [4.69, 9.17) is 0 Å². The highest BCUT2D eigenvalue weighted by Gasteiger charge is 2.30. The molecular formula is C13H19NO3S. The maximum Gasteiger partial charge on any atom is 0.178 e. The third-order valence-corrected chi connectivity index (χ3v) is 5.27. The number of nitrogens with one attached hydrogen (secondary N) is 1. The average molecular weight is 269 g/mol. The van der Waals surface area contributed by atoms with Crippen LogP contribution in [0.25, 0.3) is 0 Å². The molecule has 0 radical (unpaired) electrons. The lowest BCUT2D eigenvalue weighted by atomic mass is 10.0. The van der Waals surface area contributed by atoms with Crippen LogP contribution in [0.3, 0.4) is 0 Å². The Hall–Kier alpha value is -0.910. The lowest BCUT2D eigenvalue weighted by Crippen LogP contribution is -2.38. The van der Waals surface area contributed by atoms with Gasteiger partial charge in [0.1, 0.15) is 0 Å². The number of aliphatic hydroxyl groups excluding tert-OH is 1. The number of hydrogen-bond donors (Lipinski definition) is 2. The molecule has 5 heteroatoms. The SMILES string of the molecule is CCC(CO)NC1CCS(=O)(=O)c2ccccc21. The summed E-state index contributed by atoms with van der Waals surface area (Å²) >= 11 is 0. The van der Waals surface area contributed by atoms with Crippen LogP contribution in [0.1, 0.15) is 31.4 Å². The molecule has 2 atom stereocenters. The van der Waals surface area contributed by atoms with Crippen molar-refractivity contribution in [1.82, 2.24) is 5.32 Å². The molecule has 0 bridgehead atoms. The maximum absolute atomic E-state index is 12.0. The monoisotopic (exact) mass is 269 g/mol. The van der Waals surface area contributed by atoms with E-state index in [0.717, 1.165) is 12.0 Å². The third-order valence-electron chi connectivity index (χ3n) is 3.45. The van der Waals surface area contributed by atoms with Crippen molar-refractivity contribution in [2.75, 3.05) is 12.4 Å². The van der Waals surface area contributed by atoms with Crippen LogP contribution >= 0.6 is 0 Å². The molecule has 1 aliphatic rings. The Balaban J connectivity index is 2.31. The zero-order valence-electron chi connectivity index (χ0n) is 10.5. The average Bonchev–Trinajstić information content (AvgIpc) is 2.38. The first-order chi connectivity index (χ1) is 8.58. The second kappa shape index (κ2) is 5.38. The minimum atomic E-state index is -3.13. The van der Waals surface area contributed by atoms with Gasteiger partial charge in [0, 0.05) is 12.1 Å². The molecule has 0 aliphatic carbocycles. The molecule has 100 valence electrons. The van der Waals surface area contributed by atoms with E-state index in [1.807, 2.05) is 19.1 Å². The van der Waals surface area contributed by atoms with Crippen LogP contribution in [0.4, 0.5) is 0 Å². The smallest absolute Gasteiger partial charge is 0.178 e. The van der Waals surface area contributed by atoms with Gasteiger partial charge in [-0.3, -0.25) is 0 Å². The second-order valence-corrected chi connectivity index (χ2v) is 6.73. The van der Waals surface area contributed by atoms with E-state index >= 15 is 0 Å². The van der Waals surface area contributed by atoms with Gasteiger partial charge in [-0.15, -0.1) is 0 Å². The fourth-order valence-electron chi connectivity index (χ4n) is 2.35. The van der Waals surface area contributed by atoms with E-state index in [9.17, 15) is 13.5 Å². The van der Waals surface area contributed by atoms with Gasteiger partial charge in [-0.2, -0.15) is 0 Å². The minimum Gasteiger partial charge on any atom is -0.395 e. The molecule has 0 fully saturated rings. The van der Waals surface area contributed by atoms with Crippen LogP contribution in [0, 0.1) is 0 Å². The summed E-state index contributed by atoms with van der Waals surface area (Å²) in [6.07, 6.45) is 1.39. The van der Waals surface area contributed by atoms with Crippen molar-refractivity contribution in [3.63, 3.8) is 0 Å². The molecule has 0 aromatic heterocycles. The molecule has 4 nitrogen and oxygen atoms in total. The number of sulfone groups is 1. The van der Waals surface area contributed by atoms with Crippen LogP contribution in [0.5, 0.6) is 0 Å². The Morgan fingerprint density at radius 1 is 1.44 bits per heavy atom. The molecule has 0 amide bonds. The van der Waals surface area contributed by atoms with E-state index in [2.05, 4.69) is 5.32 Å². The lowest BCUT2D eigenvalue weighted by Gasteiger charge is -2.29. The highest BCUT2D eigenvalue weighted by Crippen LogP contribution is 2.32. The summed E-state index contributed by atoms with van der Waals surface area (Å²) in [5.41, 5.74) is 0.829. The van der Waals surface area contributed by atoms with Crippen molar-refractivity contribution in [3.05, 3.63) is 29.8 Å². The van der Waals surface area contributed by atoms with E-state index in [1.54, 1.807) is 12.1 Å². The lowest BCUT2D eigenvalue weighted by molar-refractivity contribution is 0.225. The molecule has 0 spiro atoms. The molecule has 18 heavy (non-hydrogen) atoms. The summed E-state index contributed by atoms with van der Waals surface area (Å²) < 4.78 is 23.9. The van der Waals surface area contributed by atoms with Crippen LogP contribution in [-0.4, -0.2) is 31.9 Å². The van der Waals surface area contributed by atoms with Gasteiger partial charge >= 0.3 is 0 Å². The van der Waals surface area contributed by atoms with Gasteiger partial charge in [-0.25, -0.2) is 8.42 Å². The zero-order chi connectivity index (χ0) is 13.2. The minimum absolute atomic E-state index is 0.0156. The number of rotatable bonds is 4. The van der Waals surface area contributed by atoms with E-state index in [0.29, 0.717) is 11.3 Å². The van der Waals surface area contributed by atoms with Gasteiger partial charge in [0.2, 0.25) is 0 Å². The first-order valence-electron chi connectivity index (χ1n) is 6.27. The normalized spacial score (nSPS) is 23.3. The van der Waals surface area contributed by atoms with Gasteiger partial charge in [0.25, 0.3) is 0 Å². The molecular weight excluding hydrogens is 250 g/mol. The number of hydrogen-bond acceptors (Lipinski definition) is 4. The third kappa shape index (κ3) is 2.58. The standard InChI is InChI=1S/C13H19NO3S/c1-2-10(9-15)14-12-7-8-18(16,17)13-6-4-3-5-11(12)13/h3-6,10,12,14-15H,2,7-9H2,1H3. The summed E-state index contributed by atoms with van der Waals surface area (Å²) in [6, 6.07) is 7.16. The van der Waals surface area contributed by atoms with E-state index in [-0.39, 0.29) is 24.4 Å². The Kier molecular flexibility index (Phi) is 4.04. The molecule has 1 aliphatic heterocycles. The molecule has 0 saturated heterocycles. The highest BCUT2D eigenvalue weighted by molar-refractivity contribution is 7.91.